The SMILES string of the molecule is CC1(CNC2CC(c3ccccc3Cl)C2)CCCO1. The van der Waals surface area contributed by atoms with E-state index < -0.39 is 0 Å². The average molecular weight is 280 g/mol. The van der Waals surface area contributed by atoms with Crippen molar-refractivity contribution in [3.05, 3.63) is 34.9 Å². The van der Waals surface area contributed by atoms with Crippen LogP contribution in [0.1, 0.15) is 44.1 Å². The highest BCUT2D eigenvalue weighted by molar-refractivity contribution is 6.31. The molecule has 1 aromatic carbocycles. The summed E-state index contributed by atoms with van der Waals surface area (Å²) in [4.78, 5) is 0. The first-order valence-corrected chi connectivity index (χ1v) is 7.66. The quantitative estimate of drug-likeness (QED) is 0.906. The summed E-state index contributed by atoms with van der Waals surface area (Å²) in [6, 6.07) is 8.85. The minimum absolute atomic E-state index is 0.0650. The average Bonchev–Trinajstić information content (AvgIpc) is 2.77. The zero-order valence-corrected chi connectivity index (χ0v) is 12.2. The van der Waals surface area contributed by atoms with Gasteiger partial charge in [0.15, 0.2) is 0 Å². The van der Waals surface area contributed by atoms with E-state index >= 15 is 0 Å². The Morgan fingerprint density at radius 3 is 2.84 bits per heavy atom. The van der Waals surface area contributed by atoms with E-state index in [9.17, 15) is 0 Å². The van der Waals surface area contributed by atoms with Crippen molar-refractivity contribution in [2.75, 3.05) is 13.2 Å². The predicted octanol–water partition coefficient (Wildman–Crippen LogP) is 3.74. The Morgan fingerprint density at radius 1 is 1.37 bits per heavy atom. The Hall–Kier alpha value is -0.570. The Morgan fingerprint density at radius 2 is 2.16 bits per heavy atom. The number of hydrogen-bond acceptors (Lipinski definition) is 2. The van der Waals surface area contributed by atoms with Crippen LogP contribution in [0.25, 0.3) is 0 Å². The summed E-state index contributed by atoms with van der Waals surface area (Å²) in [5.74, 6) is 0.628. The van der Waals surface area contributed by atoms with Gasteiger partial charge in [-0.2, -0.15) is 0 Å². The van der Waals surface area contributed by atoms with Gasteiger partial charge in [-0.25, -0.2) is 0 Å². The van der Waals surface area contributed by atoms with Gasteiger partial charge in [0.05, 0.1) is 5.60 Å². The molecule has 2 aliphatic rings. The van der Waals surface area contributed by atoms with Crippen molar-refractivity contribution in [1.82, 2.24) is 5.32 Å². The molecule has 0 radical (unpaired) electrons. The third kappa shape index (κ3) is 2.96. The van der Waals surface area contributed by atoms with Gasteiger partial charge in [-0.3, -0.25) is 0 Å². The highest BCUT2D eigenvalue weighted by Crippen LogP contribution is 2.40. The first-order valence-electron chi connectivity index (χ1n) is 7.28. The van der Waals surface area contributed by atoms with Gasteiger partial charge in [0.2, 0.25) is 0 Å². The van der Waals surface area contributed by atoms with Gasteiger partial charge in [-0.15, -0.1) is 0 Å². The summed E-state index contributed by atoms with van der Waals surface area (Å²) in [6.07, 6.45) is 4.77. The third-order valence-corrected chi connectivity index (χ3v) is 4.89. The lowest BCUT2D eigenvalue weighted by molar-refractivity contribution is 0.0158. The fourth-order valence-corrected chi connectivity index (χ4v) is 3.47. The number of nitrogens with one attached hydrogen (secondary N) is 1. The second-order valence-corrected chi connectivity index (χ2v) is 6.58. The maximum atomic E-state index is 6.24. The van der Waals surface area contributed by atoms with Gasteiger partial charge < -0.3 is 10.1 Å². The van der Waals surface area contributed by atoms with Gasteiger partial charge >= 0.3 is 0 Å². The van der Waals surface area contributed by atoms with Crippen molar-refractivity contribution in [2.24, 2.45) is 0 Å². The van der Waals surface area contributed by atoms with Crippen molar-refractivity contribution in [3.8, 4) is 0 Å². The minimum atomic E-state index is 0.0650. The number of halogens is 1. The van der Waals surface area contributed by atoms with E-state index in [1.807, 2.05) is 12.1 Å². The van der Waals surface area contributed by atoms with Crippen LogP contribution in [0.15, 0.2) is 24.3 Å². The monoisotopic (exact) mass is 279 g/mol. The second kappa shape index (κ2) is 5.43. The summed E-state index contributed by atoms with van der Waals surface area (Å²) in [7, 11) is 0. The smallest absolute Gasteiger partial charge is 0.0779 e. The molecule has 2 nitrogen and oxygen atoms in total. The predicted molar refractivity (Wildman–Crippen MR) is 78.8 cm³/mol. The lowest BCUT2D eigenvalue weighted by atomic mass is 9.75. The van der Waals surface area contributed by atoms with Gasteiger partial charge in [-0.05, 0) is 50.2 Å². The Labute approximate surface area is 120 Å². The van der Waals surface area contributed by atoms with Crippen LogP contribution in [0.4, 0.5) is 0 Å². The van der Waals surface area contributed by atoms with Crippen LogP contribution in [0.3, 0.4) is 0 Å². The molecular formula is C16H22ClNO. The van der Waals surface area contributed by atoms with E-state index in [-0.39, 0.29) is 5.60 Å². The Balaban J connectivity index is 1.47. The summed E-state index contributed by atoms with van der Waals surface area (Å²) in [6.45, 7) is 4.12. The molecule has 0 aromatic heterocycles. The molecule has 104 valence electrons. The molecule has 3 rings (SSSR count). The van der Waals surface area contributed by atoms with Crippen LogP contribution < -0.4 is 5.32 Å². The van der Waals surface area contributed by atoms with Gasteiger partial charge in [0.25, 0.3) is 0 Å². The molecule has 19 heavy (non-hydrogen) atoms. The third-order valence-electron chi connectivity index (χ3n) is 4.55. The van der Waals surface area contributed by atoms with Crippen LogP contribution in [0.2, 0.25) is 5.02 Å². The standard InChI is InChI=1S/C16H22ClNO/c1-16(7-4-8-19-16)11-18-13-9-12(10-13)14-5-2-3-6-15(14)17/h2-3,5-6,12-13,18H,4,7-11H2,1H3. The molecule has 1 heterocycles. The van der Waals surface area contributed by atoms with Crippen molar-refractivity contribution >= 4 is 11.6 Å². The molecule has 1 saturated heterocycles. The normalized spacial score (nSPS) is 34.2. The van der Waals surface area contributed by atoms with Gasteiger partial charge in [0.1, 0.15) is 0 Å². The van der Waals surface area contributed by atoms with Crippen molar-refractivity contribution in [3.63, 3.8) is 0 Å². The minimum Gasteiger partial charge on any atom is -0.374 e. The lowest BCUT2D eigenvalue weighted by Gasteiger charge is -2.38. The second-order valence-electron chi connectivity index (χ2n) is 6.17. The molecule has 0 bridgehead atoms. The highest BCUT2D eigenvalue weighted by Gasteiger charge is 2.35. The molecule has 1 aliphatic heterocycles. The lowest BCUT2D eigenvalue weighted by Crippen LogP contribution is -2.47. The van der Waals surface area contributed by atoms with E-state index in [0.717, 1.165) is 18.2 Å². The Kier molecular flexibility index (Phi) is 3.84. The van der Waals surface area contributed by atoms with E-state index in [2.05, 4.69) is 24.4 Å². The van der Waals surface area contributed by atoms with E-state index in [1.165, 1.54) is 31.2 Å². The first kappa shape index (κ1) is 13.4. The summed E-state index contributed by atoms with van der Waals surface area (Å²) < 4.78 is 5.81. The fourth-order valence-electron chi connectivity index (χ4n) is 3.18. The number of benzene rings is 1. The molecular weight excluding hydrogens is 258 g/mol. The van der Waals surface area contributed by atoms with Crippen molar-refractivity contribution in [2.45, 2.75) is 50.2 Å². The van der Waals surface area contributed by atoms with Crippen molar-refractivity contribution < 1.29 is 4.74 Å². The van der Waals surface area contributed by atoms with Gasteiger partial charge in [-0.1, -0.05) is 29.8 Å². The zero-order valence-electron chi connectivity index (χ0n) is 11.5. The molecule has 1 aromatic rings. The van der Waals surface area contributed by atoms with E-state index in [4.69, 9.17) is 16.3 Å². The molecule has 1 saturated carbocycles. The molecule has 1 atom stereocenters. The van der Waals surface area contributed by atoms with E-state index in [1.54, 1.807) is 0 Å². The molecule has 1 aliphatic carbocycles. The van der Waals surface area contributed by atoms with Crippen LogP contribution in [0.5, 0.6) is 0 Å². The van der Waals surface area contributed by atoms with Crippen LogP contribution in [0, 0.1) is 0 Å². The molecule has 1 unspecified atom stereocenters. The van der Waals surface area contributed by atoms with Crippen LogP contribution in [-0.2, 0) is 4.74 Å². The summed E-state index contributed by atoms with van der Waals surface area (Å²) in [5.41, 5.74) is 1.38. The van der Waals surface area contributed by atoms with Gasteiger partial charge in [0, 0.05) is 24.2 Å². The van der Waals surface area contributed by atoms with Crippen LogP contribution >= 0.6 is 11.6 Å². The maximum Gasteiger partial charge on any atom is 0.0779 e. The number of rotatable bonds is 4. The Bertz CT molecular complexity index is 436. The zero-order chi connectivity index (χ0) is 13.3. The molecule has 1 N–H and O–H groups in total. The largest absolute Gasteiger partial charge is 0.374 e. The molecule has 2 fully saturated rings. The fraction of sp³-hybridized carbons (Fsp3) is 0.625. The number of hydrogen-bond donors (Lipinski definition) is 1. The molecule has 0 amide bonds. The summed E-state index contributed by atoms with van der Waals surface area (Å²) >= 11 is 6.24. The highest BCUT2D eigenvalue weighted by atomic mass is 35.5. The molecule has 0 spiro atoms. The van der Waals surface area contributed by atoms with Crippen molar-refractivity contribution in [1.29, 1.82) is 0 Å². The first-order chi connectivity index (χ1) is 9.16. The number of ether oxygens (including phenoxy) is 1. The van der Waals surface area contributed by atoms with E-state index in [0.29, 0.717) is 12.0 Å². The maximum absolute atomic E-state index is 6.24. The topological polar surface area (TPSA) is 21.3 Å². The van der Waals surface area contributed by atoms with Crippen LogP contribution in [-0.4, -0.2) is 24.8 Å². The molecule has 3 heteroatoms. The summed E-state index contributed by atoms with van der Waals surface area (Å²) in [5, 5.41) is 4.57.